The smallest absolute Gasteiger partial charge is 0.00513 e. The third kappa shape index (κ3) is 2.01. The van der Waals surface area contributed by atoms with E-state index in [4.69, 9.17) is 11.5 Å². The summed E-state index contributed by atoms with van der Waals surface area (Å²) in [6, 6.07) is 0. The minimum Gasteiger partial charge on any atom is -0.402 e. The van der Waals surface area contributed by atoms with Crippen molar-refractivity contribution in [3.8, 4) is 0 Å². The fraction of sp³-hybridized carbons (Fsp3) is 0.800. The molecule has 0 radical (unpaired) electrons. The van der Waals surface area contributed by atoms with Gasteiger partial charge in [-0.05, 0) is 18.3 Å². The number of nitrogens with two attached hydrogens (primary N) is 2. The quantitative estimate of drug-likeness (QED) is 0.625. The average Bonchev–Trinajstić information content (AvgIpc) is 1.82. The molecule has 0 bridgehead atoms. The summed E-state index contributed by atoms with van der Waals surface area (Å²) < 4.78 is 0. The number of rotatable bonds is 1. The van der Waals surface area contributed by atoms with Crippen LogP contribution >= 0.6 is 0 Å². The van der Waals surface area contributed by atoms with Gasteiger partial charge in [0.25, 0.3) is 0 Å². The zero-order valence-electron chi connectivity index (χ0n) is 8.35. The Bertz CT molecular complexity index is 206. The Morgan fingerprint density at radius 1 is 1.42 bits per heavy atom. The second kappa shape index (κ2) is 2.77. The summed E-state index contributed by atoms with van der Waals surface area (Å²) in [5, 5.41) is 0. The summed E-state index contributed by atoms with van der Waals surface area (Å²) in [5.41, 5.74) is 13.0. The first kappa shape index (κ1) is 9.59. The molecular formula is C10H20N2. The molecule has 0 heterocycles. The lowest BCUT2D eigenvalue weighted by Crippen LogP contribution is -2.36. The van der Waals surface area contributed by atoms with Crippen LogP contribution in [0.1, 0.15) is 33.6 Å². The Morgan fingerprint density at radius 2 is 2.00 bits per heavy atom. The van der Waals surface area contributed by atoms with Crippen LogP contribution in [0.2, 0.25) is 0 Å². The van der Waals surface area contributed by atoms with Crippen molar-refractivity contribution in [1.82, 2.24) is 0 Å². The summed E-state index contributed by atoms with van der Waals surface area (Å²) >= 11 is 0. The van der Waals surface area contributed by atoms with Crippen LogP contribution in [0.5, 0.6) is 0 Å². The first-order chi connectivity index (χ1) is 5.37. The maximum Gasteiger partial charge on any atom is 0.00513 e. The lowest BCUT2D eigenvalue weighted by Gasteiger charge is -2.39. The zero-order chi connectivity index (χ0) is 9.41. The van der Waals surface area contributed by atoms with Crippen LogP contribution in [0.4, 0.5) is 0 Å². The van der Waals surface area contributed by atoms with E-state index >= 15 is 0 Å². The normalized spacial score (nSPS) is 34.5. The predicted octanol–water partition coefficient (Wildman–Crippen LogP) is 1.61. The molecule has 1 rings (SSSR count). The third-order valence-corrected chi connectivity index (χ3v) is 2.57. The summed E-state index contributed by atoms with van der Waals surface area (Å²) in [6.45, 7) is 7.37. The SMILES string of the molecule is CC1(C)CC(N)=CC(C)(CN)C1. The van der Waals surface area contributed by atoms with Gasteiger partial charge in [0.2, 0.25) is 0 Å². The molecule has 12 heavy (non-hydrogen) atoms. The van der Waals surface area contributed by atoms with E-state index in [-0.39, 0.29) is 5.41 Å². The minimum atomic E-state index is 0.117. The minimum absolute atomic E-state index is 0.117. The standard InChI is InChI=1S/C10H20N2/c1-9(2)4-8(12)5-10(3,6-9)7-11/h5H,4,6-7,11-12H2,1-3H3. The van der Waals surface area contributed by atoms with Crippen LogP contribution in [0.3, 0.4) is 0 Å². The number of allylic oxidation sites excluding steroid dienone is 1. The Hall–Kier alpha value is -0.500. The van der Waals surface area contributed by atoms with Gasteiger partial charge in [-0.15, -0.1) is 0 Å². The topological polar surface area (TPSA) is 52.0 Å². The monoisotopic (exact) mass is 168 g/mol. The van der Waals surface area contributed by atoms with Gasteiger partial charge in [-0.25, -0.2) is 0 Å². The second-order valence-corrected chi connectivity index (χ2v) is 5.10. The summed E-state index contributed by atoms with van der Waals surface area (Å²) in [5.74, 6) is 0. The van der Waals surface area contributed by atoms with E-state index in [2.05, 4.69) is 26.8 Å². The predicted molar refractivity (Wildman–Crippen MR) is 52.4 cm³/mol. The number of hydrogen-bond donors (Lipinski definition) is 2. The lowest BCUT2D eigenvalue weighted by molar-refractivity contribution is 0.204. The Balaban J connectivity index is 2.88. The van der Waals surface area contributed by atoms with Crippen LogP contribution in [0, 0.1) is 10.8 Å². The second-order valence-electron chi connectivity index (χ2n) is 5.10. The van der Waals surface area contributed by atoms with Gasteiger partial charge in [-0.2, -0.15) is 0 Å². The fourth-order valence-corrected chi connectivity index (χ4v) is 2.39. The maximum atomic E-state index is 5.87. The molecule has 0 aliphatic heterocycles. The summed E-state index contributed by atoms with van der Waals surface area (Å²) in [6.07, 6.45) is 4.28. The van der Waals surface area contributed by atoms with Crippen molar-refractivity contribution in [2.24, 2.45) is 22.3 Å². The van der Waals surface area contributed by atoms with Gasteiger partial charge >= 0.3 is 0 Å². The van der Waals surface area contributed by atoms with Crippen LogP contribution in [0.15, 0.2) is 11.8 Å². The van der Waals surface area contributed by atoms with Crippen molar-refractivity contribution in [3.05, 3.63) is 11.8 Å². The molecule has 0 aromatic heterocycles. The molecule has 0 aromatic rings. The van der Waals surface area contributed by atoms with Gasteiger partial charge in [0, 0.05) is 17.7 Å². The highest BCUT2D eigenvalue weighted by Gasteiger charge is 2.34. The van der Waals surface area contributed by atoms with E-state index in [1.165, 1.54) is 0 Å². The maximum absolute atomic E-state index is 5.87. The fourth-order valence-electron chi connectivity index (χ4n) is 2.39. The third-order valence-electron chi connectivity index (χ3n) is 2.57. The molecule has 2 nitrogen and oxygen atoms in total. The van der Waals surface area contributed by atoms with Gasteiger partial charge in [-0.3, -0.25) is 0 Å². The highest BCUT2D eigenvalue weighted by atomic mass is 14.7. The zero-order valence-corrected chi connectivity index (χ0v) is 8.35. The Kier molecular flexibility index (Phi) is 2.21. The van der Waals surface area contributed by atoms with Crippen LogP contribution in [0.25, 0.3) is 0 Å². The van der Waals surface area contributed by atoms with Gasteiger partial charge in [0.05, 0.1) is 0 Å². The molecule has 4 N–H and O–H groups in total. The molecule has 1 atom stereocenters. The molecular weight excluding hydrogens is 148 g/mol. The number of hydrogen-bond acceptors (Lipinski definition) is 2. The first-order valence-corrected chi connectivity index (χ1v) is 4.54. The molecule has 1 aliphatic rings. The lowest BCUT2D eigenvalue weighted by atomic mass is 9.67. The van der Waals surface area contributed by atoms with Crippen LogP contribution in [-0.4, -0.2) is 6.54 Å². The van der Waals surface area contributed by atoms with Crippen molar-refractivity contribution in [3.63, 3.8) is 0 Å². The van der Waals surface area contributed by atoms with E-state index in [1.807, 2.05) is 0 Å². The molecule has 70 valence electrons. The van der Waals surface area contributed by atoms with Crippen LogP contribution < -0.4 is 11.5 Å². The molecule has 0 saturated carbocycles. The molecule has 1 unspecified atom stereocenters. The van der Waals surface area contributed by atoms with E-state index in [9.17, 15) is 0 Å². The van der Waals surface area contributed by atoms with Crippen molar-refractivity contribution in [2.75, 3.05) is 6.54 Å². The molecule has 2 heteroatoms. The van der Waals surface area contributed by atoms with E-state index in [0.717, 1.165) is 18.5 Å². The molecule has 0 spiro atoms. The molecule has 0 amide bonds. The van der Waals surface area contributed by atoms with Crippen molar-refractivity contribution < 1.29 is 0 Å². The van der Waals surface area contributed by atoms with Gasteiger partial charge in [-0.1, -0.05) is 26.8 Å². The largest absolute Gasteiger partial charge is 0.402 e. The Labute approximate surface area is 75.0 Å². The Morgan fingerprint density at radius 3 is 2.42 bits per heavy atom. The van der Waals surface area contributed by atoms with Crippen molar-refractivity contribution in [2.45, 2.75) is 33.6 Å². The molecule has 0 fully saturated rings. The van der Waals surface area contributed by atoms with Gasteiger partial charge < -0.3 is 11.5 Å². The van der Waals surface area contributed by atoms with Gasteiger partial charge in [0.15, 0.2) is 0 Å². The molecule has 1 aliphatic carbocycles. The average molecular weight is 168 g/mol. The van der Waals surface area contributed by atoms with E-state index in [0.29, 0.717) is 12.0 Å². The summed E-state index contributed by atoms with van der Waals surface area (Å²) in [4.78, 5) is 0. The van der Waals surface area contributed by atoms with E-state index in [1.54, 1.807) is 0 Å². The molecule has 0 aromatic carbocycles. The highest BCUT2D eigenvalue weighted by molar-refractivity contribution is 5.13. The first-order valence-electron chi connectivity index (χ1n) is 4.54. The van der Waals surface area contributed by atoms with Crippen molar-refractivity contribution >= 4 is 0 Å². The summed E-state index contributed by atoms with van der Waals surface area (Å²) in [7, 11) is 0. The molecule has 0 saturated heterocycles. The van der Waals surface area contributed by atoms with Crippen molar-refractivity contribution in [1.29, 1.82) is 0 Å². The van der Waals surface area contributed by atoms with Gasteiger partial charge in [0.1, 0.15) is 0 Å². The van der Waals surface area contributed by atoms with E-state index < -0.39 is 0 Å². The van der Waals surface area contributed by atoms with Crippen LogP contribution in [-0.2, 0) is 0 Å². The highest BCUT2D eigenvalue weighted by Crippen LogP contribution is 2.42.